The average molecular weight is 465 g/mol. The fraction of sp³-hybridized carbons (Fsp3) is 0.360. The van der Waals surface area contributed by atoms with Crippen molar-refractivity contribution in [1.82, 2.24) is 30.1 Å². The molecule has 9 heteroatoms. The standard InChI is InChI=1S/C25H29FN6O2/c1-18(2)27-24(33)23-17-32(29-28-23)16-13-30-11-14-31(15-12-30)25(34)21-5-3-19(4-6-21)20-7-9-22(26)10-8-20/h3-10,17-18H,11-16H2,1-2H3,(H,27,33). The van der Waals surface area contributed by atoms with Crippen molar-refractivity contribution < 1.29 is 14.0 Å². The van der Waals surface area contributed by atoms with E-state index in [0.717, 1.165) is 30.8 Å². The molecule has 34 heavy (non-hydrogen) atoms. The third-order valence-electron chi connectivity index (χ3n) is 5.81. The van der Waals surface area contributed by atoms with E-state index >= 15 is 0 Å². The summed E-state index contributed by atoms with van der Waals surface area (Å²) in [5, 5.41) is 10.8. The van der Waals surface area contributed by atoms with Gasteiger partial charge in [0.15, 0.2) is 5.69 Å². The Labute approximate surface area is 198 Å². The first kappa shape index (κ1) is 23.6. The van der Waals surface area contributed by atoms with E-state index in [1.54, 1.807) is 23.0 Å². The van der Waals surface area contributed by atoms with Gasteiger partial charge in [-0.2, -0.15) is 0 Å². The minimum Gasteiger partial charge on any atom is -0.348 e. The van der Waals surface area contributed by atoms with Crippen LogP contribution >= 0.6 is 0 Å². The first-order valence-corrected chi connectivity index (χ1v) is 11.5. The molecule has 0 spiro atoms. The molecule has 1 fully saturated rings. The lowest BCUT2D eigenvalue weighted by Crippen LogP contribution is -2.49. The van der Waals surface area contributed by atoms with Crippen LogP contribution in [-0.4, -0.2) is 75.4 Å². The van der Waals surface area contributed by atoms with Crippen molar-refractivity contribution in [2.75, 3.05) is 32.7 Å². The number of rotatable bonds is 7. The van der Waals surface area contributed by atoms with Crippen molar-refractivity contribution in [3.63, 3.8) is 0 Å². The normalized spacial score (nSPS) is 14.4. The second-order valence-electron chi connectivity index (χ2n) is 8.71. The highest BCUT2D eigenvalue weighted by Gasteiger charge is 2.22. The molecule has 8 nitrogen and oxygen atoms in total. The summed E-state index contributed by atoms with van der Waals surface area (Å²) in [5.74, 6) is -0.476. The number of amides is 2. The number of aromatic nitrogens is 3. The van der Waals surface area contributed by atoms with Crippen LogP contribution in [0.5, 0.6) is 0 Å². The molecule has 0 saturated carbocycles. The van der Waals surface area contributed by atoms with Crippen LogP contribution in [0.15, 0.2) is 54.7 Å². The van der Waals surface area contributed by atoms with Crippen LogP contribution in [0.1, 0.15) is 34.7 Å². The predicted octanol–water partition coefficient (Wildman–Crippen LogP) is 2.68. The quantitative estimate of drug-likeness (QED) is 0.581. The number of halogens is 1. The summed E-state index contributed by atoms with van der Waals surface area (Å²) < 4.78 is 14.8. The predicted molar refractivity (Wildman–Crippen MR) is 127 cm³/mol. The van der Waals surface area contributed by atoms with Crippen LogP contribution in [0, 0.1) is 5.82 Å². The lowest BCUT2D eigenvalue weighted by molar-refractivity contribution is 0.0631. The molecule has 0 bridgehead atoms. The highest BCUT2D eigenvalue weighted by atomic mass is 19.1. The second-order valence-corrected chi connectivity index (χ2v) is 8.71. The van der Waals surface area contributed by atoms with Gasteiger partial charge in [-0.15, -0.1) is 5.10 Å². The molecule has 2 amide bonds. The summed E-state index contributed by atoms with van der Waals surface area (Å²) in [6, 6.07) is 13.8. The Morgan fingerprint density at radius 2 is 1.56 bits per heavy atom. The zero-order valence-electron chi connectivity index (χ0n) is 19.4. The number of hydrogen-bond donors (Lipinski definition) is 1. The van der Waals surface area contributed by atoms with Crippen molar-refractivity contribution in [3.8, 4) is 11.1 Å². The van der Waals surface area contributed by atoms with E-state index in [1.165, 1.54) is 12.1 Å². The first-order valence-electron chi connectivity index (χ1n) is 11.5. The molecule has 1 saturated heterocycles. The molecule has 4 rings (SSSR count). The van der Waals surface area contributed by atoms with Crippen molar-refractivity contribution in [2.24, 2.45) is 0 Å². The number of carbonyl (C=O) groups excluding carboxylic acids is 2. The number of benzene rings is 2. The van der Waals surface area contributed by atoms with Crippen LogP contribution in [0.4, 0.5) is 4.39 Å². The summed E-state index contributed by atoms with van der Waals surface area (Å²) in [7, 11) is 0. The summed E-state index contributed by atoms with van der Waals surface area (Å²) in [6.45, 7) is 8.04. The van der Waals surface area contributed by atoms with Crippen LogP contribution in [0.3, 0.4) is 0 Å². The summed E-state index contributed by atoms with van der Waals surface area (Å²) >= 11 is 0. The van der Waals surface area contributed by atoms with E-state index in [-0.39, 0.29) is 23.7 Å². The average Bonchev–Trinajstić information content (AvgIpc) is 3.32. The van der Waals surface area contributed by atoms with Crippen LogP contribution in [0.2, 0.25) is 0 Å². The molecule has 1 aliphatic heterocycles. The van der Waals surface area contributed by atoms with Gasteiger partial charge in [-0.1, -0.05) is 29.5 Å². The van der Waals surface area contributed by atoms with Gasteiger partial charge in [0.2, 0.25) is 0 Å². The lowest BCUT2D eigenvalue weighted by Gasteiger charge is -2.34. The highest BCUT2D eigenvalue weighted by Crippen LogP contribution is 2.21. The number of carbonyl (C=O) groups is 2. The molecular formula is C25H29FN6O2. The van der Waals surface area contributed by atoms with Crippen LogP contribution in [0.25, 0.3) is 11.1 Å². The smallest absolute Gasteiger partial charge is 0.273 e. The van der Waals surface area contributed by atoms with Crippen molar-refractivity contribution in [2.45, 2.75) is 26.4 Å². The van der Waals surface area contributed by atoms with E-state index in [4.69, 9.17) is 0 Å². The molecular weight excluding hydrogens is 435 g/mol. The largest absolute Gasteiger partial charge is 0.348 e. The number of nitrogens with zero attached hydrogens (tertiary/aromatic N) is 5. The molecule has 0 atom stereocenters. The maximum atomic E-state index is 13.1. The van der Waals surface area contributed by atoms with Crippen molar-refractivity contribution in [3.05, 3.63) is 71.8 Å². The van der Waals surface area contributed by atoms with Gasteiger partial charge in [-0.25, -0.2) is 4.39 Å². The zero-order valence-corrected chi connectivity index (χ0v) is 19.4. The van der Waals surface area contributed by atoms with E-state index in [9.17, 15) is 14.0 Å². The Morgan fingerprint density at radius 3 is 2.18 bits per heavy atom. The maximum absolute atomic E-state index is 13.1. The van der Waals surface area contributed by atoms with Crippen molar-refractivity contribution in [1.29, 1.82) is 0 Å². The van der Waals surface area contributed by atoms with Crippen molar-refractivity contribution >= 4 is 11.8 Å². The molecule has 1 N–H and O–H groups in total. The topological polar surface area (TPSA) is 83.4 Å². The zero-order chi connectivity index (χ0) is 24.1. The number of hydrogen-bond acceptors (Lipinski definition) is 5. The van der Waals surface area contributed by atoms with Gasteiger partial charge < -0.3 is 10.2 Å². The van der Waals surface area contributed by atoms with E-state index < -0.39 is 0 Å². The monoisotopic (exact) mass is 464 g/mol. The Kier molecular flexibility index (Phi) is 7.32. The maximum Gasteiger partial charge on any atom is 0.273 e. The van der Waals surface area contributed by atoms with Gasteiger partial charge >= 0.3 is 0 Å². The number of nitrogens with one attached hydrogen (secondary N) is 1. The van der Waals surface area contributed by atoms with Gasteiger partial charge in [0.1, 0.15) is 5.82 Å². The summed E-state index contributed by atoms with van der Waals surface area (Å²) in [5.41, 5.74) is 2.82. The third-order valence-corrected chi connectivity index (χ3v) is 5.81. The fourth-order valence-corrected chi connectivity index (χ4v) is 3.90. The van der Waals surface area contributed by atoms with Gasteiger partial charge in [0.05, 0.1) is 12.7 Å². The van der Waals surface area contributed by atoms with E-state index in [0.29, 0.717) is 30.9 Å². The van der Waals surface area contributed by atoms with Gasteiger partial charge in [0.25, 0.3) is 11.8 Å². The fourth-order valence-electron chi connectivity index (χ4n) is 3.90. The lowest BCUT2D eigenvalue weighted by atomic mass is 10.0. The molecule has 2 heterocycles. The molecule has 0 radical (unpaired) electrons. The van der Waals surface area contributed by atoms with Gasteiger partial charge in [0, 0.05) is 44.3 Å². The Balaban J connectivity index is 1.25. The van der Waals surface area contributed by atoms with Crippen LogP contribution in [-0.2, 0) is 6.54 Å². The Bertz CT molecular complexity index is 1120. The Morgan fingerprint density at radius 1 is 0.941 bits per heavy atom. The van der Waals surface area contributed by atoms with E-state index in [2.05, 4.69) is 20.5 Å². The minimum atomic E-state index is -0.269. The molecule has 1 aromatic heterocycles. The van der Waals surface area contributed by atoms with Crippen LogP contribution < -0.4 is 5.32 Å². The SMILES string of the molecule is CC(C)NC(=O)c1cn(CCN2CCN(C(=O)c3ccc(-c4ccc(F)cc4)cc3)CC2)nn1. The number of piperazine rings is 1. The molecule has 2 aromatic carbocycles. The van der Waals surface area contributed by atoms with Gasteiger partial charge in [-0.05, 0) is 49.2 Å². The third kappa shape index (κ3) is 5.85. The molecule has 1 aliphatic rings. The molecule has 178 valence electrons. The van der Waals surface area contributed by atoms with Gasteiger partial charge in [-0.3, -0.25) is 19.2 Å². The first-order chi connectivity index (χ1) is 16.4. The highest BCUT2D eigenvalue weighted by molar-refractivity contribution is 5.94. The minimum absolute atomic E-state index is 0.0161. The molecule has 0 unspecified atom stereocenters. The summed E-state index contributed by atoms with van der Waals surface area (Å²) in [4.78, 5) is 29.1. The van der Waals surface area contributed by atoms with E-state index in [1.807, 2.05) is 43.0 Å². The summed E-state index contributed by atoms with van der Waals surface area (Å²) in [6.07, 6.45) is 1.66. The second kappa shape index (κ2) is 10.6. The Hall–Kier alpha value is -3.59. The molecule has 3 aromatic rings. The molecule has 0 aliphatic carbocycles.